The van der Waals surface area contributed by atoms with Gasteiger partial charge in [0.05, 0.1) is 12.1 Å². The number of carbonyl (C=O) groups is 4. The summed E-state index contributed by atoms with van der Waals surface area (Å²) in [6, 6.07) is 7.34. The predicted octanol–water partition coefficient (Wildman–Crippen LogP) is 0.615. The van der Waals surface area contributed by atoms with Crippen molar-refractivity contribution >= 4 is 36.0 Å². The van der Waals surface area contributed by atoms with Crippen LogP contribution >= 0.6 is 0 Å². The van der Waals surface area contributed by atoms with Gasteiger partial charge in [0.15, 0.2) is 12.4 Å². The van der Waals surface area contributed by atoms with Crippen LogP contribution in [0.5, 0.6) is 5.75 Å². The summed E-state index contributed by atoms with van der Waals surface area (Å²) in [5.41, 5.74) is 1.67. The van der Waals surface area contributed by atoms with E-state index in [4.69, 9.17) is 28.4 Å². The van der Waals surface area contributed by atoms with Crippen LogP contribution in [0, 0.1) is 6.92 Å². The van der Waals surface area contributed by atoms with Gasteiger partial charge in [0.2, 0.25) is 0 Å². The minimum absolute atomic E-state index is 0.103. The third kappa shape index (κ3) is 6.96. The smallest absolute Gasteiger partial charge is 0.198 e. The van der Waals surface area contributed by atoms with Crippen LogP contribution in [0.4, 0.5) is 0 Å². The van der Waals surface area contributed by atoms with Gasteiger partial charge in [0.25, 0.3) is 0 Å². The lowest BCUT2D eigenvalue weighted by Crippen LogP contribution is -2.63. The Morgan fingerprint density at radius 2 is 1.54 bits per heavy atom. The van der Waals surface area contributed by atoms with E-state index in [9.17, 15) is 19.2 Å². The van der Waals surface area contributed by atoms with Gasteiger partial charge in [-0.05, 0) is 25.1 Å². The summed E-state index contributed by atoms with van der Waals surface area (Å²) in [5.74, 6) is 0.441. The topological polar surface area (TPSA) is 137 Å². The van der Waals surface area contributed by atoms with Crippen molar-refractivity contribution in [2.24, 2.45) is 0 Å². The molecule has 0 aliphatic carbocycles. The van der Waals surface area contributed by atoms with Crippen LogP contribution in [0.1, 0.15) is 5.56 Å². The molecule has 1 aromatic carbocycles. The van der Waals surface area contributed by atoms with E-state index >= 15 is 0 Å². The summed E-state index contributed by atoms with van der Waals surface area (Å²) >= 11 is 0. The summed E-state index contributed by atoms with van der Waals surface area (Å²) < 4.78 is 34.7. The third-order valence-corrected chi connectivity index (χ3v) is 5.22. The first-order valence-corrected chi connectivity index (χ1v) is 11.0. The van der Waals surface area contributed by atoms with Gasteiger partial charge >= 0.3 is 0 Å². The van der Waals surface area contributed by atoms with Crippen molar-refractivity contribution in [3.63, 3.8) is 0 Å². The van der Waals surface area contributed by atoms with Crippen molar-refractivity contribution in [2.75, 3.05) is 33.0 Å². The first-order valence-electron chi connectivity index (χ1n) is 11.0. The minimum atomic E-state index is -1.13. The van der Waals surface area contributed by atoms with Crippen LogP contribution in [0.15, 0.2) is 30.5 Å². The highest BCUT2D eigenvalue weighted by Crippen LogP contribution is 2.33. The summed E-state index contributed by atoms with van der Waals surface area (Å²) in [6.45, 7) is 0.742. The molecule has 1 fully saturated rings. The second kappa shape index (κ2) is 13.7. The average Bonchev–Trinajstić information content (AvgIpc) is 2.87. The van der Waals surface area contributed by atoms with Crippen LogP contribution in [-0.2, 0) is 42.9 Å². The maximum atomic E-state index is 11.1. The zero-order chi connectivity index (χ0) is 25.0. The molecule has 0 amide bonds. The number of fused-ring (bicyclic) bond motifs is 1. The number of hydrogen-bond acceptors (Lipinski definition) is 11. The minimum Gasteiger partial charge on any atom is -0.481 e. The number of hydrogen-bond donors (Lipinski definition) is 0. The van der Waals surface area contributed by atoms with Crippen molar-refractivity contribution < 1.29 is 47.6 Å². The molecule has 188 valence electrons. The summed E-state index contributed by atoms with van der Waals surface area (Å²) in [5, 5.41) is 0.720. The Kier molecular flexibility index (Phi) is 10.4. The van der Waals surface area contributed by atoms with Crippen LogP contribution in [0.25, 0.3) is 10.9 Å². The van der Waals surface area contributed by atoms with Gasteiger partial charge in [-0.2, -0.15) is 0 Å². The number of aromatic nitrogens is 1. The molecule has 2 aromatic rings. The molecule has 1 aromatic heterocycles. The lowest BCUT2D eigenvalue weighted by molar-refractivity contribution is -0.305. The van der Waals surface area contributed by atoms with Crippen molar-refractivity contribution in [3.05, 3.63) is 36.0 Å². The van der Waals surface area contributed by atoms with Gasteiger partial charge in [-0.25, -0.2) is 0 Å². The largest absolute Gasteiger partial charge is 0.481 e. The normalized spacial score (nSPS) is 24.1. The van der Waals surface area contributed by atoms with Gasteiger partial charge in [-0.1, -0.05) is 11.6 Å². The van der Waals surface area contributed by atoms with Crippen molar-refractivity contribution in [1.82, 2.24) is 4.98 Å². The van der Waals surface area contributed by atoms with E-state index in [0.717, 1.165) is 10.9 Å². The molecule has 1 aliphatic heterocycles. The fourth-order valence-electron chi connectivity index (χ4n) is 3.81. The van der Waals surface area contributed by atoms with Crippen LogP contribution in [-0.4, -0.2) is 93.9 Å². The van der Waals surface area contributed by atoms with Crippen molar-refractivity contribution in [2.45, 2.75) is 37.6 Å². The molecule has 11 nitrogen and oxygen atoms in total. The van der Waals surface area contributed by atoms with Crippen LogP contribution in [0.2, 0.25) is 0 Å². The Balaban J connectivity index is 2.00. The van der Waals surface area contributed by atoms with Crippen molar-refractivity contribution in [3.8, 4) is 5.75 Å². The molecule has 1 aliphatic rings. The maximum absolute atomic E-state index is 11.1. The Morgan fingerprint density at radius 3 is 2.26 bits per heavy atom. The van der Waals surface area contributed by atoms with E-state index in [0.29, 0.717) is 36.4 Å². The maximum Gasteiger partial charge on any atom is 0.198 e. The highest BCUT2D eigenvalue weighted by Gasteiger charge is 2.50. The Labute approximate surface area is 201 Å². The number of pyridine rings is 1. The van der Waals surface area contributed by atoms with Gasteiger partial charge in [-0.3, -0.25) is 4.98 Å². The first-order chi connectivity index (χ1) is 17.1. The van der Waals surface area contributed by atoms with E-state index in [-0.39, 0.29) is 33.0 Å². The van der Waals surface area contributed by atoms with E-state index < -0.39 is 30.7 Å². The molecule has 2 heterocycles. The molecule has 35 heavy (non-hydrogen) atoms. The molecule has 0 N–H and O–H groups in total. The summed E-state index contributed by atoms with van der Waals surface area (Å²) in [7, 11) is 0. The van der Waals surface area contributed by atoms with E-state index in [1.54, 1.807) is 12.3 Å². The van der Waals surface area contributed by atoms with Crippen molar-refractivity contribution in [1.29, 1.82) is 0 Å². The zero-order valence-electron chi connectivity index (χ0n) is 19.1. The summed E-state index contributed by atoms with van der Waals surface area (Å²) in [6.07, 6.45) is -1.07. The standard InChI is InChI=1S/C24H27NO10/c1-16-2-3-18-17(14-16)19(4-5-25-18)34-23-22(32-12-8-28)21(31-11-7-27)20(15-30-10-6-26)35-24(23)33-13-9-29/h2-9,14,20-24H,10-13,15H2,1H3/t20?,21-,22?,23-,24+/m1/s1. The molecule has 0 saturated carbocycles. The fraction of sp³-hybridized carbons (Fsp3) is 0.458. The SMILES string of the molecule is Cc1ccc2nccc(O[C@@H]3C(OCC=O)[C@H](OCC=O)C(COCC=O)O[C@@H]3OCC=O)c2c1. The number of nitrogens with zero attached hydrogens (tertiary/aromatic N) is 1. The lowest BCUT2D eigenvalue weighted by Gasteiger charge is -2.45. The average molecular weight is 489 g/mol. The molecule has 2 unspecified atom stereocenters. The predicted molar refractivity (Wildman–Crippen MR) is 120 cm³/mol. The molecular formula is C24H27NO10. The monoisotopic (exact) mass is 489 g/mol. The molecule has 0 bridgehead atoms. The number of aryl methyl sites for hydroxylation is 1. The second-order valence-corrected chi connectivity index (χ2v) is 7.59. The van der Waals surface area contributed by atoms with E-state index in [2.05, 4.69) is 4.98 Å². The Morgan fingerprint density at radius 1 is 0.857 bits per heavy atom. The molecular weight excluding hydrogens is 462 g/mol. The number of ether oxygens (including phenoxy) is 6. The fourth-order valence-corrected chi connectivity index (χ4v) is 3.81. The zero-order valence-corrected chi connectivity index (χ0v) is 19.1. The quantitative estimate of drug-likeness (QED) is 0.257. The Bertz CT molecular complexity index is 999. The highest BCUT2D eigenvalue weighted by atomic mass is 16.7. The molecule has 5 atom stereocenters. The van der Waals surface area contributed by atoms with Crippen LogP contribution in [0.3, 0.4) is 0 Å². The second-order valence-electron chi connectivity index (χ2n) is 7.59. The molecule has 3 rings (SSSR count). The lowest BCUT2D eigenvalue weighted by atomic mass is 9.98. The van der Waals surface area contributed by atoms with Gasteiger partial charge < -0.3 is 47.6 Å². The molecule has 0 spiro atoms. The van der Waals surface area contributed by atoms with Gasteiger partial charge in [-0.15, -0.1) is 0 Å². The Hall–Kier alpha value is -3.09. The van der Waals surface area contributed by atoms with E-state index in [1.165, 1.54) is 0 Å². The summed E-state index contributed by atoms with van der Waals surface area (Å²) in [4.78, 5) is 48.3. The van der Waals surface area contributed by atoms with Gasteiger partial charge in [0.1, 0.15) is 75.6 Å². The van der Waals surface area contributed by atoms with Crippen LogP contribution < -0.4 is 4.74 Å². The number of rotatable bonds is 15. The molecule has 0 radical (unpaired) electrons. The van der Waals surface area contributed by atoms with Gasteiger partial charge in [0, 0.05) is 11.6 Å². The third-order valence-electron chi connectivity index (χ3n) is 5.22. The molecule has 1 saturated heterocycles. The molecule has 11 heteroatoms. The number of benzene rings is 1. The highest BCUT2D eigenvalue weighted by molar-refractivity contribution is 5.85. The number of aldehydes is 4. The van der Waals surface area contributed by atoms with E-state index in [1.807, 2.05) is 25.1 Å². The first kappa shape index (κ1) is 26.5. The number of carbonyl (C=O) groups excluding carboxylic acids is 4.